The van der Waals surface area contributed by atoms with Gasteiger partial charge in [0.25, 0.3) is 5.91 Å². The summed E-state index contributed by atoms with van der Waals surface area (Å²) in [6.07, 6.45) is -0.862. The van der Waals surface area contributed by atoms with Gasteiger partial charge in [0.05, 0.1) is 31.4 Å². The fourth-order valence-corrected chi connectivity index (χ4v) is 3.09. The van der Waals surface area contributed by atoms with Crippen LogP contribution >= 0.6 is 11.6 Å². The van der Waals surface area contributed by atoms with Crippen LogP contribution in [0.3, 0.4) is 0 Å². The number of ether oxygens (including phenoxy) is 2. The summed E-state index contributed by atoms with van der Waals surface area (Å²) >= 11 is 6.20. The van der Waals surface area contributed by atoms with Crippen molar-refractivity contribution >= 4 is 29.1 Å². The van der Waals surface area contributed by atoms with E-state index in [1.807, 2.05) is 19.9 Å². The second kappa shape index (κ2) is 10.1. The van der Waals surface area contributed by atoms with Gasteiger partial charge in [-0.05, 0) is 55.7 Å². The molecule has 156 valence electrons. The molecule has 7 nitrogen and oxygen atoms in total. The Kier molecular flexibility index (Phi) is 7.87. The molecule has 0 radical (unpaired) electrons. The minimum atomic E-state index is -0.916. The van der Waals surface area contributed by atoms with Gasteiger partial charge >= 0.3 is 0 Å². The first-order valence-corrected chi connectivity index (χ1v) is 9.36. The monoisotopic (exact) mass is 420 g/mol. The van der Waals surface area contributed by atoms with Gasteiger partial charge in [-0.1, -0.05) is 23.7 Å². The fourth-order valence-electron chi connectivity index (χ4n) is 2.72. The molecule has 2 amide bonds. The van der Waals surface area contributed by atoms with Crippen molar-refractivity contribution in [3.05, 3.63) is 52.0 Å². The Morgan fingerprint density at radius 2 is 1.76 bits per heavy atom. The van der Waals surface area contributed by atoms with Gasteiger partial charge in [-0.25, -0.2) is 5.48 Å². The zero-order valence-electron chi connectivity index (χ0n) is 17.1. The zero-order valence-corrected chi connectivity index (χ0v) is 17.8. The van der Waals surface area contributed by atoms with E-state index in [4.69, 9.17) is 25.9 Å². The molecule has 2 N–H and O–H groups in total. The number of benzene rings is 2. The van der Waals surface area contributed by atoms with E-state index in [9.17, 15) is 9.59 Å². The molecule has 0 saturated carbocycles. The number of carbonyl (C=O) groups is 2. The van der Waals surface area contributed by atoms with Gasteiger partial charge in [0.1, 0.15) is 0 Å². The Morgan fingerprint density at radius 1 is 1.07 bits per heavy atom. The SMILES string of the molecule is COc1ccc(CC(=O)NO[C@H](C)C(=O)Nc2c(C)cc(C)cc2Cl)cc1OC. The summed E-state index contributed by atoms with van der Waals surface area (Å²) in [5.41, 5.74) is 5.37. The topological polar surface area (TPSA) is 85.9 Å². The third-order valence-corrected chi connectivity index (χ3v) is 4.51. The van der Waals surface area contributed by atoms with E-state index < -0.39 is 17.9 Å². The molecule has 2 aromatic carbocycles. The normalized spacial score (nSPS) is 11.5. The first-order chi connectivity index (χ1) is 13.7. The third-order valence-electron chi connectivity index (χ3n) is 4.21. The van der Waals surface area contributed by atoms with Crippen LogP contribution in [-0.2, 0) is 20.8 Å². The lowest BCUT2D eigenvalue weighted by atomic mass is 10.1. The van der Waals surface area contributed by atoms with Crippen LogP contribution in [-0.4, -0.2) is 32.1 Å². The number of halogens is 1. The van der Waals surface area contributed by atoms with Crippen molar-refractivity contribution in [1.29, 1.82) is 0 Å². The maximum Gasteiger partial charge on any atom is 0.256 e. The van der Waals surface area contributed by atoms with Gasteiger partial charge in [0.2, 0.25) is 5.91 Å². The standard InChI is InChI=1S/C21H25ClN2O5/c1-12-8-13(2)20(16(22)9-12)23-21(26)14(3)29-24-19(25)11-15-6-7-17(27-4)18(10-15)28-5/h6-10,14H,11H2,1-5H3,(H,23,26)(H,24,25)/t14-/m1/s1. The van der Waals surface area contributed by atoms with E-state index in [0.29, 0.717) is 27.8 Å². The summed E-state index contributed by atoms with van der Waals surface area (Å²) in [6.45, 7) is 5.30. The van der Waals surface area contributed by atoms with Crippen molar-refractivity contribution in [2.24, 2.45) is 0 Å². The molecule has 0 fully saturated rings. The lowest BCUT2D eigenvalue weighted by molar-refractivity contribution is -0.143. The number of hydrogen-bond donors (Lipinski definition) is 2. The molecule has 0 saturated heterocycles. The highest BCUT2D eigenvalue weighted by molar-refractivity contribution is 6.34. The molecule has 29 heavy (non-hydrogen) atoms. The highest BCUT2D eigenvalue weighted by Crippen LogP contribution is 2.28. The summed E-state index contributed by atoms with van der Waals surface area (Å²) in [7, 11) is 3.06. The highest BCUT2D eigenvalue weighted by atomic mass is 35.5. The average Bonchev–Trinajstić information content (AvgIpc) is 2.68. The summed E-state index contributed by atoms with van der Waals surface area (Å²) in [4.78, 5) is 29.7. The van der Waals surface area contributed by atoms with Gasteiger partial charge in [-0.2, -0.15) is 0 Å². The number of hydroxylamine groups is 1. The second-order valence-electron chi connectivity index (χ2n) is 6.58. The summed E-state index contributed by atoms with van der Waals surface area (Å²) in [5.74, 6) is 0.270. The van der Waals surface area contributed by atoms with Crippen LogP contribution in [0.25, 0.3) is 0 Å². The quantitative estimate of drug-likeness (QED) is 0.637. The molecule has 0 aliphatic carbocycles. The van der Waals surface area contributed by atoms with Crippen LogP contribution in [0.4, 0.5) is 5.69 Å². The predicted molar refractivity (Wildman–Crippen MR) is 111 cm³/mol. The number of methoxy groups -OCH3 is 2. The molecule has 0 spiro atoms. The maximum atomic E-state index is 12.4. The average molecular weight is 421 g/mol. The molecule has 0 aromatic heterocycles. The molecule has 0 bridgehead atoms. The van der Waals surface area contributed by atoms with Crippen molar-refractivity contribution in [2.45, 2.75) is 33.3 Å². The summed E-state index contributed by atoms with van der Waals surface area (Å²) < 4.78 is 10.4. The van der Waals surface area contributed by atoms with Gasteiger partial charge in [0, 0.05) is 0 Å². The first kappa shape index (κ1) is 22.5. The number of amides is 2. The second-order valence-corrected chi connectivity index (χ2v) is 6.99. The van der Waals surface area contributed by atoms with E-state index in [1.165, 1.54) is 21.1 Å². The molecule has 0 aliphatic heterocycles. The fraction of sp³-hybridized carbons (Fsp3) is 0.333. The first-order valence-electron chi connectivity index (χ1n) is 8.98. The van der Waals surface area contributed by atoms with Crippen LogP contribution in [0.2, 0.25) is 5.02 Å². The van der Waals surface area contributed by atoms with Gasteiger partial charge < -0.3 is 14.8 Å². The van der Waals surface area contributed by atoms with Crippen molar-refractivity contribution < 1.29 is 23.9 Å². The van der Waals surface area contributed by atoms with E-state index in [-0.39, 0.29) is 6.42 Å². The lowest BCUT2D eigenvalue weighted by Gasteiger charge is -2.16. The van der Waals surface area contributed by atoms with Gasteiger partial charge in [-0.3, -0.25) is 14.4 Å². The lowest BCUT2D eigenvalue weighted by Crippen LogP contribution is -2.36. The number of carbonyl (C=O) groups excluding carboxylic acids is 2. The molecule has 1 atom stereocenters. The van der Waals surface area contributed by atoms with Crippen molar-refractivity contribution in [3.63, 3.8) is 0 Å². The Hall–Kier alpha value is -2.77. The highest BCUT2D eigenvalue weighted by Gasteiger charge is 2.18. The zero-order chi connectivity index (χ0) is 21.6. The predicted octanol–water partition coefficient (Wildman–Crippen LogP) is 3.59. The maximum absolute atomic E-state index is 12.4. The Balaban J connectivity index is 1.90. The van der Waals surface area contributed by atoms with Gasteiger partial charge in [0.15, 0.2) is 17.6 Å². The van der Waals surface area contributed by atoms with E-state index >= 15 is 0 Å². The third kappa shape index (κ3) is 6.10. The summed E-state index contributed by atoms with van der Waals surface area (Å²) in [6, 6.07) is 8.85. The van der Waals surface area contributed by atoms with E-state index in [0.717, 1.165) is 11.1 Å². The molecule has 8 heteroatoms. The molecule has 0 aliphatic rings. The van der Waals surface area contributed by atoms with E-state index in [2.05, 4.69) is 10.8 Å². The van der Waals surface area contributed by atoms with Crippen LogP contribution < -0.4 is 20.3 Å². The Labute approximate surface area is 175 Å². The minimum absolute atomic E-state index is 0.0532. The molecule has 2 aromatic rings. The minimum Gasteiger partial charge on any atom is -0.493 e. The van der Waals surface area contributed by atoms with Crippen molar-refractivity contribution in [3.8, 4) is 11.5 Å². The largest absolute Gasteiger partial charge is 0.493 e. The van der Waals surface area contributed by atoms with Crippen LogP contribution in [0, 0.1) is 13.8 Å². The Morgan fingerprint density at radius 3 is 2.38 bits per heavy atom. The van der Waals surface area contributed by atoms with Crippen LogP contribution in [0.1, 0.15) is 23.6 Å². The number of aryl methyl sites for hydroxylation is 2. The number of hydrogen-bond acceptors (Lipinski definition) is 5. The van der Waals surface area contributed by atoms with Crippen molar-refractivity contribution in [2.75, 3.05) is 19.5 Å². The molecule has 2 rings (SSSR count). The Bertz CT molecular complexity index is 878. The van der Waals surface area contributed by atoms with E-state index in [1.54, 1.807) is 24.3 Å². The van der Waals surface area contributed by atoms with Crippen LogP contribution in [0.15, 0.2) is 30.3 Å². The number of anilines is 1. The molecular formula is C21H25ClN2O5. The summed E-state index contributed by atoms with van der Waals surface area (Å²) in [5, 5.41) is 3.17. The van der Waals surface area contributed by atoms with Gasteiger partial charge in [-0.15, -0.1) is 0 Å². The molecule has 0 heterocycles. The molecule has 0 unspecified atom stereocenters. The van der Waals surface area contributed by atoms with Crippen molar-refractivity contribution in [1.82, 2.24) is 5.48 Å². The van der Waals surface area contributed by atoms with Crippen LogP contribution in [0.5, 0.6) is 11.5 Å². The smallest absolute Gasteiger partial charge is 0.256 e. The number of rotatable bonds is 8. The molecular weight excluding hydrogens is 396 g/mol. The number of nitrogens with one attached hydrogen (secondary N) is 2.